The summed E-state index contributed by atoms with van der Waals surface area (Å²) < 4.78 is 24.9. The van der Waals surface area contributed by atoms with Gasteiger partial charge < -0.3 is 14.6 Å². The van der Waals surface area contributed by atoms with Crippen molar-refractivity contribution in [1.29, 1.82) is 0 Å². The zero-order valence-electron chi connectivity index (χ0n) is 18.4. The summed E-state index contributed by atoms with van der Waals surface area (Å²) in [6, 6.07) is 8.72. The first kappa shape index (κ1) is 22.8. The van der Waals surface area contributed by atoms with Gasteiger partial charge >= 0.3 is 0 Å². The molecule has 2 unspecified atom stereocenters. The number of hydrogen-bond acceptors (Lipinski definition) is 4. The number of benzene rings is 2. The molecule has 2 atom stereocenters. The van der Waals surface area contributed by atoms with E-state index in [0.717, 1.165) is 42.5 Å². The van der Waals surface area contributed by atoms with E-state index in [-0.39, 0.29) is 16.7 Å². The Morgan fingerprint density at radius 2 is 1.83 bits per heavy atom. The van der Waals surface area contributed by atoms with Crippen LogP contribution >= 0.6 is 8.58 Å². The standard InChI is InChI=1S/C24H33FNO3P/c1-5-24(2,20-14-19(28-3)15-21(29-4)23(20)27)30-22-10-9-18(25)13-17(22)16-26-11-7-6-8-12-26/h9-10,13-15,27,30H,5-8,11-12,16H2,1-4H3. The number of phenolic OH excluding ortho intramolecular Hbond substituents is 1. The van der Waals surface area contributed by atoms with Gasteiger partial charge in [0.05, 0.1) is 14.2 Å². The molecule has 4 nitrogen and oxygen atoms in total. The summed E-state index contributed by atoms with van der Waals surface area (Å²) in [6.45, 7) is 7.17. The molecule has 0 spiro atoms. The average Bonchev–Trinajstić information content (AvgIpc) is 2.76. The van der Waals surface area contributed by atoms with Crippen molar-refractivity contribution in [1.82, 2.24) is 4.90 Å². The fourth-order valence-electron chi connectivity index (χ4n) is 4.09. The molecular weight excluding hydrogens is 400 g/mol. The first-order valence-corrected chi connectivity index (χ1v) is 11.6. The van der Waals surface area contributed by atoms with Crippen LogP contribution in [-0.4, -0.2) is 37.3 Å². The number of likely N-dealkylation sites (tertiary alicyclic amines) is 1. The van der Waals surface area contributed by atoms with Crippen LogP contribution in [0.3, 0.4) is 0 Å². The number of ether oxygens (including phenoxy) is 2. The maximum Gasteiger partial charge on any atom is 0.164 e. The highest BCUT2D eigenvalue weighted by atomic mass is 31.1. The Labute approximate surface area is 181 Å². The Morgan fingerprint density at radius 1 is 1.10 bits per heavy atom. The van der Waals surface area contributed by atoms with Crippen molar-refractivity contribution >= 4 is 13.9 Å². The minimum Gasteiger partial charge on any atom is -0.504 e. The molecule has 0 bridgehead atoms. The number of rotatable bonds is 8. The van der Waals surface area contributed by atoms with E-state index in [9.17, 15) is 9.50 Å². The second-order valence-electron chi connectivity index (χ2n) is 8.17. The molecule has 1 heterocycles. The molecule has 2 aromatic rings. The second-order valence-corrected chi connectivity index (χ2v) is 10.1. The number of methoxy groups -OCH3 is 2. The van der Waals surface area contributed by atoms with Gasteiger partial charge in [0.1, 0.15) is 11.6 Å². The average molecular weight is 434 g/mol. The zero-order chi connectivity index (χ0) is 21.7. The Kier molecular flexibility index (Phi) is 7.60. The van der Waals surface area contributed by atoms with Gasteiger partial charge in [-0.3, -0.25) is 4.90 Å². The largest absolute Gasteiger partial charge is 0.504 e. The van der Waals surface area contributed by atoms with Crippen molar-refractivity contribution < 1.29 is 19.0 Å². The highest BCUT2D eigenvalue weighted by molar-refractivity contribution is 7.48. The highest BCUT2D eigenvalue weighted by Gasteiger charge is 2.31. The monoisotopic (exact) mass is 433 g/mol. The molecule has 0 amide bonds. The molecule has 6 heteroatoms. The molecule has 30 heavy (non-hydrogen) atoms. The van der Waals surface area contributed by atoms with Crippen LogP contribution < -0.4 is 14.8 Å². The summed E-state index contributed by atoms with van der Waals surface area (Å²) >= 11 is 0. The van der Waals surface area contributed by atoms with E-state index in [2.05, 4.69) is 18.7 Å². The van der Waals surface area contributed by atoms with Gasteiger partial charge in [0.2, 0.25) is 0 Å². The van der Waals surface area contributed by atoms with Crippen LogP contribution in [0.1, 0.15) is 50.7 Å². The minimum absolute atomic E-state index is 0.148. The van der Waals surface area contributed by atoms with Crippen LogP contribution in [0.2, 0.25) is 0 Å². The maximum absolute atomic E-state index is 14.1. The third kappa shape index (κ3) is 5.07. The van der Waals surface area contributed by atoms with E-state index >= 15 is 0 Å². The third-order valence-corrected chi connectivity index (χ3v) is 8.06. The van der Waals surface area contributed by atoms with Gasteiger partial charge in [0, 0.05) is 23.3 Å². The van der Waals surface area contributed by atoms with Crippen molar-refractivity contribution in [3.05, 3.63) is 47.3 Å². The molecule has 1 N–H and O–H groups in total. The fraction of sp³-hybridized carbons (Fsp3) is 0.500. The number of piperidine rings is 1. The zero-order valence-corrected chi connectivity index (χ0v) is 19.4. The smallest absolute Gasteiger partial charge is 0.164 e. The highest BCUT2D eigenvalue weighted by Crippen LogP contribution is 2.51. The predicted octanol–water partition coefficient (Wildman–Crippen LogP) is 5.16. The lowest BCUT2D eigenvalue weighted by atomic mass is 9.95. The molecule has 3 rings (SSSR count). The lowest BCUT2D eigenvalue weighted by Crippen LogP contribution is -2.31. The van der Waals surface area contributed by atoms with Crippen LogP contribution in [0.25, 0.3) is 0 Å². The number of halogens is 1. The molecule has 1 aliphatic heterocycles. The quantitative estimate of drug-likeness (QED) is 0.584. The summed E-state index contributed by atoms with van der Waals surface area (Å²) in [6.07, 6.45) is 4.50. The van der Waals surface area contributed by atoms with Gasteiger partial charge in [0.25, 0.3) is 0 Å². The molecule has 0 aliphatic carbocycles. The summed E-state index contributed by atoms with van der Waals surface area (Å²) in [7, 11) is 3.52. The lowest BCUT2D eigenvalue weighted by Gasteiger charge is -2.33. The van der Waals surface area contributed by atoms with Crippen LogP contribution in [0.5, 0.6) is 17.2 Å². The summed E-state index contributed by atoms with van der Waals surface area (Å²) in [5.74, 6) is 1.01. The van der Waals surface area contributed by atoms with Crippen LogP contribution in [0, 0.1) is 5.82 Å². The van der Waals surface area contributed by atoms with Crippen LogP contribution in [0.15, 0.2) is 30.3 Å². The van der Waals surface area contributed by atoms with Crippen LogP contribution in [0.4, 0.5) is 4.39 Å². The van der Waals surface area contributed by atoms with Gasteiger partial charge in [-0.2, -0.15) is 0 Å². The molecule has 0 aromatic heterocycles. The Balaban J connectivity index is 1.97. The lowest BCUT2D eigenvalue weighted by molar-refractivity contribution is 0.221. The van der Waals surface area contributed by atoms with Gasteiger partial charge in [-0.1, -0.05) is 34.9 Å². The molecule has 0 radical (unpaired) electrons. The van der Waals surface area contributed by atoms with Crippen molar-refractivity contribution in [2.24, 2.45) is 0 Å². The topological polar surface area (TPSA) is 41.9 Å². The van der Waals surface area contributed by atoms with E-state index in [1.165, 1.54) is 19.3 Å². The number of aromatic hydroxyl groups is 1. The van der Waals surface area contributed by atoms with E-state index in [0.29, 0.717) is 20.1 Å². The van der Waals surface area contributed by atoms with Crippen molar-refractivity contribution in [3.63, 3.8) is 0 Å². The van der Waals surface area contributed by atoms with E-state index < -0.39 is 0 Å². The molecule has 1 saturated heterocycles. The number of phenols is 1. The second kappa shape index (κ2) is 9.98. The SMILES string of the molecule is CCC(C)(Pc1ccc(F)cc1CN1CCCCC1)c1cc(OC)cc(OC)c1O. The molecule has 0 saturated carbocycles. The van der Waals surface area contributed by atoms with Gasteiger partial charge in [-0.25, -0.2) is 4.39 Å². The van der Waals surface area contributed by atoms with E-state index in [1.54, 1.807) is 32.4 Å². The van der Waals surface area contributed by atoms with Crippen molar-refractivity contribution in [3.8, 4) is 17.2 Å². The van der Waals surface area contributed by atoms with E-state index in [1.807, 2.05) is 12.1 Å². The van der Waals surface area contributed by atoms with Crippen LogP contribution in [-0.2, 0) is 11.7 Å². The van der Waals surface area contributed by atoms with E-state index in [4.69, 9.17) is 9.47 Å². The molecule has 1 aliphatic rings. The summed E-state index contributed by atoms with van der Waals surface area (Å²) in [5, 5.41) is 11.7. The minimum atomic E-state index is -0.333. The number of hydrogen-bond donors (Lipinski definition) is 1. The first-order valence-electron chi connectivity index (χ1n) is 10.6. The maximum atomic E-state index is 14.1. The first-order chi connectivity index (χ1) is 14.4. The summed E-state index contributed by atoms with van der Waals surface area (Å²) in [5.41, 5.74) is 1.84. The third-order valence-electron chi connectivity index (χ3n) is 6.13. The van der Waals surface area contributed by atoms with Gasteiger partial charge in [-0.05, 0) is 61.4 Å². The van der Waals surface area contributed by atoms with Gasteiger partial charge in [0.15, 0.2) is 11.5 Å². The predicted molar refractivity (Wildman–Crippen MR) is 122 cm³/mol. The Bertz CT molecular complexity index is 870. The molecular formula is C24H33FNO3P. The molecule has 1 fully saturated rings. The number of nitrogens with zero attached hydrogens (tertiary/aromatic N) is 1. The van der Waals surface area contributed by atoms with Crippen molar-refractivity contribution in [2.45, 2.75) is 51.2 Å². The van der Waals surface area contributed by atoms with Gasteiger partial charge in [-0.15, -0.1) is 0 Å². The van der Waals surface area contributed by atoms with Crippen molar-refractivity contribution in [2.75, 3.05) is 27.3 Å². The molecule has 164 valence electrons. The summed E-state index contributed by atoms with van der Waals surface area (Å²) in [4.78, 5) is 2.42. The fourth-order valence-corrected chi connectivity index (χ4v) is 5.67. The molecule has 2 aromatic carbocycles. The Hall–Kier alpha value is -1.84. The normalized spacial score (nSPS) is 17.2. The Morgan fingerprint density at radius 3 is 2.47 bits per heavy atom.